The van der Waals surface area contributed by atoms with Gasteiger partial charge in [-0.3, -0.25) is 0 Å². The van der Waals surface area contributed by atoms with Crippen molar-refractivity contribution in [3.8, 4) is 0 Å². The molecule has 0 saturated carbocycles. The van der Waals surface area contributed by atoms with Crippen LogP contribution < -0.4 is 0 Å². The van der Waals surface area contributed by atoms with Crippen LogP contribution in [0.4, 0.5) is 0 Å². The molecule has 0 amide bonds. The summed E-state index contributed by atoms with van der Waals surface area (Å²) < 4.78 is 2.59. The largest absolute Gasteiger partial charge is 0.326 e. The monoisotopic (exact) mass is 183 g/mol. The van der Waals surface area contributed by atoms with Crippen LogP contribution in [0.2, 0.25) is 12.1 Å². The van der Waals surface area contributed by atoms with Crippen molar-refractivity contribution < 1.29 is 0 Å². The van der Waals surface area contributed by atoms with E-state index in [1.807, 2.05) is 0 Å². The van der Waals surface area contributed by atoms with Crippen LogP contribution in [0.15, 0.2) is 25.3 Å². The maximum atomic E-state index is 3.81. The number of nitrogens with zero attached hydrogens (tertiary/aromatic N) is 1. The molecule has 0 aliphatic rings. The zero-order valence-electron chi connectivity index (χ0n) is 8.42. The molecule has 0 aromatic carbocycles. The lowest BCUT2D eigenvalue weighted by Gasteiger charge is -2.26. The van der Waals surface area contributed by atoms with Crippen LogP contribution in [0.5, 0.6) is 0 Å². The third-order valence-electron chi connectivity index (χ3n) is 2.21. The van der Waals surface area contributed by atoms with Crippen LogP contribution in [-0.4, -0.2) is 26.6 Å². The van der Waals surface area contributed by atoms with E-state index < -0.39 is 8.96 Å². The van der Waals surface area contributed by atoms with E-state index in [4.69, 9.17) is 0 Å². The smallest absolute Gasteiger partial charge is 0.119 e. The Balaban J connectivity index is 4.02. The van der Waals surface area contributed by atoms with E-state index in [9.17, 15) is 0 Å². The Morgan fingerprint density at radius 3 is 1.75 bits per heavy atom. The fourth-order valence-corrected chi connectivity index (χ4v) is 4.11. The predicted octanol–water partition coefficient (Wildman–Crippen LogP) is 2.42. The van der Waals surface area contributed by atoms with Crippen molar-refractivity contribution >= 4 is 8.96 Å². The zero-order valence-corrected chi connectivity index (χ0v) is 9.58. The number of allylic oxidation sites excluding steroid dienone is 2. The molecule has 0 aliphatic carbocycles. The van der Waals surface area contributed by atoms with Gasteiger partial charge in [0, 0.05) is 0 Å². The fourth-order valence-electron chi connectivity index (χ4n) is 1.52. The van der Waals surface area contributed by atoms with Gasteiger partial charge in [0.15, 0.2) is 0 Å². The van der Waals surface area contributed by atoms with Crippen molar-refractivity contribution in [2.75, 3.05) is 13.1 Å². The Kier molecular flexibility index (Phi) is 7.10. The summed E-state index contributed by atoms with van der Waals surface area (Å²) in [6.07, 6.45) is 4.11. The van der Waals surface area contributed by atoms with Crippen LogP contribution in [0.25, 0.3) is 0 Å². The molecule has 0 aromatic heterocycles. The molecule has 0 N–H and O–H groups in total. The van der Waals surface area contributed by atoms with E-state index in [0.717, 1.165) is 0 Å². The predicted molar refractivity (Wildman–Crippen MR) is 60.1 cm³/mol. The molecule has 0 fully saturated rings. The van der Waals surface area contributed by atoms with Crippen molar-refractivity contribution in [2.24, 2.45) is 0 Å². The summed E-state index contributed by atoms with van der Waals surface area (Å²) in [4.78, 5) is 0. The van der Waals surface area contributed by atoms with E-state index in [0.29, 0.717) is 0 Å². The third kappa shape index (κ3) is 3.88. The summed E-state index contributed by atoms with van der Waals surface area (Å²) in [7, 11) is -0.752. The summed E-state index contributed by atoms with van der Waals surface area (Å²) in [6, 6.07) is 2.40. The second-order valence-corrected chi connectivity index (χ2v) is 5.90. The van der Waals surface area contributed by atoms with Gasteiger partial charge in [-0.1, -0.05) is 26.0 Å². The van der Waals surface area contributed by atoms with Crippen molar-refractivity contribution in [3.63, 3.8) is 0 Å². The topological polar surface area (TPSA) is 3.24 Å². The Bertz CT molecular complexity index is 120. The molecule has 0 aliphatic heterocycles. The Morgan fingerprint density at radius 2 is 1.50 bits per heavy atom. The highest BCUT2D eigenvalue weighted by molar-refractivity contribution is 6.56. The third-order valence-corrected chi connectivity index (χ3v) is 5.72. The molecular weight excluding hydrogens is 162 g/mol. The Labute approximate surface area is 78.5 Å². The van der Waals surface area contributed by atoms with Gasteiger partial charge in [0.25, 0.3) is 0 Å². The molecule has 0 bridgehead atoms. The minimum Gasteiger partial charge on any atom is -0.326 e. The van der Waals surface area contributed by atoms with E-state index in [1.54, 1.807) is 0 Å². The molecule has 0 radical (unpaired) electrons. The lowest BCUT2D eigenvalue weighted by Crippen LogP contribution is -2.38. The minimum absolute atomic E-state index is 0.752. The summed E-state index contributed by atoms with van der Waals surface area (Å²) in [5, 5.41) is 0. The highest BCUT2D eigenvalue weighted by Gasteiger charge is 2.13. The van der Waals surface area contributed by atoms with Gasteiger partial charge in [0.05, 0.1) is 0 Å². The molecular formula is C10H21NSi. The maximum Gasteiger partial charge on any atom is 0.119 e. The van der Waals surface area contributed by atoms with Gasteiger partial charge in [0.1, 0.15) is 8.96 Å². The van der Waals surface area contributed by atoms with Crippen LogP contribution in [0.1, 0.15) is 13.8 Å². The molecule has 0 heterocycles. The molecule has 1 nitrogen and oxygen atoms in total. The van der Waals surface area contributed by atoms with Crippen LogP contribution in [-0.2, 0) is 0 Å². The second kappa shape index (κ2) is 7.31. The van der Waals surface area contributed by atoms with E-state index in [2.05, 4.69) is 43.7 Å². The molecule has 0 rings (SSSR count). The van der Waals surface area contributed by atoms with Gasteiger partial charge in [0.2, 0.25) is 0 Å². The summed E-state index contributed by atoms with van der Waals surface area (Å²) in [5.41, 5.74) is 0. The average Bonchev–Trinajstić information content (AvgIpc) is 2.07. The van der Waals surface area contributed by atoms with Crippen molar-refractivity contribution in [1.29, 1.82) is 0 Å². The normalized spacial score (nSPS) is 10.7. The van der Waals surface area contributed by atoms with E-state index in [1.165, 1.54) is 25.2 Å². The summed E-state index contributed by atoms with van der Waals surface area (Å²) in [5.74, 6) is 0. The molecule has 0 spiro atoms. The lowest BCUT2D eigenvalue weighted by molar-refractivity contribution is 0.479. The standard InChI is InChI=1S/C10H21NSi/c1-5-9-12(10-6-2)11(7-3)8-4/h5-6,12H,1-2,7-10H2,3-4H3. The first-order chi connectivity index (χ1) is 5.79. The van der Waals surface area contributed by atoms with Gasteiger partial charge in [-0.25, -0.2) is 0 Å². The Hall–Kier alpha value is -0.343. The van der Waals surface area contributed by atoms with E-state index in [-0.39, 0.29) is 0 Å². The Morgan fingerprint density at radius 1 is 1.08 bits per heavy atom. The SMILES string of the molecule is C=CC[SiH](CC=C)N(CC)CC. The van der Waals surface area contributed by atoms with Gasteiger partial charge in [-0.05, 0) is 25.2 Å². The van der Waals surface area contributed by atoms with Crippen LogP contribution >= 0.6 is 0 Å². The quantitative estimate of drug-likeness (QED) is 0.433. The lowest BCUT2D eigenvalue weighted by atomic mass is 10.7. The molecule has 70 valence electrons. The molecule has 0 saturated heterocycles. The molecule has 12 heavy (non-hydrogen) atoms. The second-order valence-electron chi connectivity index (χ2n) is 2.92. The number of rotatable bonds is 7. The fraction of sp³-hybridized carbons (Fsp3) is 0.600. The maximum absolute atomic E-state index is 3.81. The van der Waals surface area contributed by atoms with E-state index >= 15 is 0 Å². The summed E-state index contributed by atoms with van der Waals surface area (Å²) in [6.45, 7) is 14.4. The van der Waals surface area contributed by atoms with Gasteiger partial charge < -0.3 is 4.57 Å². The first-order valence-electron chi connectivity index (χ1n) is 4.75. The molecule has 0 atom stereocenters. The van der Waals surface area contributed by atoms with Gasteiger partial charge in [-0.15, -0.1) is 13.2 Å². The first-order valence-corrected chi connectivity index (χ1v) is 6.90. The molecule has 2 heteroatoms. The minimum atomic E-state index is -0.752. The van der Waals surface area contributed by atoms with Gasteiger partial charge >= 0.3 is 0 Å². The highest BCUT2D eigenvalue weighted by Crippen LogP contribution is 2.06. The number of hydrogen-bond acceptors (Lipinski definition) is 1. The zero-order chi connectivity index (χ0) is 9.40. The first kappa shape index (κ1) is 11.7. The molecule has 0 aromatic rings. The van der Waals surface area contributed by atoms with Crippen LogP contribution in [0, 0.1) is 0 Å². The van der Waals surface area contributed by atoms with Crippen molar-refractivity contribution in [3.05, 3.63) is 25.3 Å². The highest BCUT2D eigenvalue weighted by atomic mass is 28.3. The number of hydrogen-bond donors (Lipinski definition) is 0. The average molecular weight is 183 g/mol. The van der Waals surface area contributed by atoms with Crippen molar-refractivity contribution in [1.82, 2.24) is 4.57 Å². The van der Waals surface area contributed by atoms with Crippen LogP contribution in [0.3, 0.4) is 0 Å². The van der Waals surface area contributed by atoms with Gasteiger partial charge in [-0.2, -0.15) is 0 Å². The van der Waals surface area contributed by atoms with Crippen molar-refractivity contribution in [2.45, 2.75) is 25.9 Å². The molecule has 0 unspecified atom stereocenters. The summed E-state index contributed by atoms with van der Waals surface area (Å²) >= 11 is 0.